The molecular weight excluding hydrogens is 298 g/mol. The number of hydrogen-bond donors (Lipinski definition) is 1. The van der Waals surface area contributed by atoms with Crippen LogP contribution in [0.5, 0.6) is 0 Å². The van der Waals surface area contributed by atoms with Gasteiger partial charge in [0.2, 0.25) is 5.91 Å². The summed E-state index contributed by atoms with van der Waals surface area (Å²) in [4.78, 5) is 25.4. The van der Waals surface area contributed by atoms with Crippen LogP contribution in [0, 0.1) is 0 Å². The molecule has 0 aliphatic carbocycles. The number of carbonyl (C=O) groups excluding carboxylic acids is 1. The smallest absolute Gasteiger partial charge is 0.335 e. The van der Waals surface area contributed by atoms with E-state index in [1.807, 2.05) is 4.90 Å². The zero-order valence-corrected chi connectivity index (χ0v) is 13.0. The van der Waals surface area contributed by atoms with Crippen molar-refractivity contribution in [2.24, 2.45) is 0 Å². The average molecular weight is 319 g/mol. The lowest BCUT2D eigenvalue weighted by molar-refractivity contribution is -0.149. The van der Waals surface area contributed by atoms with Crippen molar-refractivity contribution in [2.75, 3.05) is 33.0 Å². The van der Waals surface area contributed by atoms with Gasteiger partial charge in [-0.25, -0.2) is 4.79 Å². The van der Waals surface area contributed by atoms with E-state index in [1.54, 1.807) is 24.3 Å². The molecule has 1 spiro atoms. The fourth-order valence-electron chi connectivity index (χ4n) is 3.25. The predicted molar refractivity (Wildman–Crippen MR) is 82.4 cm³/mol. The van der Waals surface area contributed by atoms with Crippen LogP contribution in [-0.4, -0.2) is 60.4 Å². The molecule has 0 radical (unpaired) electrons. The van der Waals surface area contributed by atoms with Gasteiger partial charge in [0.05, 0.1) is 30.9 Å². The molecule has 124 valence electrons. The summed E-state index contributed by atoms with van der Waals surface area (Å²) in [6.07, 6.45) is 1.84. The second-order valence-corrected chi connectivity index (χ2v) is 6.13. The Kier molecular flexibility index (Phi) is 4.63. The number of ether oxygens (including phenoxy) is 2. The first-order chi connectivity index (χ1) is 11.1. The molecule has 2 heterocycles. The lowest BCUT2D eigenvalue weighted by atomic mass is 9.95. The van der Waals surface area contributed by atoms with E-state index in [4.69, 9.17) is 14.6 Å². The van der Waals surface area contributed by atoms with E-state index in [0.717, 1.165) is 12.0 Å². The molecule has 0 bridgehead atoms. The van der Waals surface area contributed by atoms with Crippen molar-refractivity contribution in [3.8, 4) is 0 Å². The number of hydrogen-bond acceptors (Lipinski definition) is 4. The van der Waals surface area contributed by atoms with Gasteiger partial charge >= 0.3 is 5.97 Å². The van der Waals surface area contributed by atoms with Crippen molar-refractivity contribution < 1.29 is 24.2 Å². The second kappa shape index (κ2) is 6.68. The minimum atomic E-state index is -0.941. The van der Waals surface area contributed by atoms with E-state index < -0.39 is 5.97 Å². The maximum absolute atomic E-state index is 12.6. The fourth-order valence-corrected chi connectivity index (χ4v) is 3.25. The third-order valence-corrected chi connectivity index (χ3v) is 4.61. The number of amides is 1. The number of morpholine rings is 1. The Balaban J connectivity index is 1.61. The van der Waals surface area contributed by atoms with E-state index in [9.17, 15) is 9.59 Å². The maximum atomic E-state index is 12.6. The zero-order chi connectivity index (χ0) is 16.3. The van der Waals surface area contributed by atoms with E-state index >= 15 is 0 Å². The van der Waals surface area contributed by atoms with Crippen LogP contribution in [0.25, 0.3) is 0 Å². The predicted octanol–water partition coefficient (Wildman–Crippen LogP) is 1.34. The Morgan fingerprint density at radius 3 is 2.48 bits per heavy atom. The first kappa shape index (κ1) is 16.0. The second-order valence-electron chi connectivity index (χ2n) is 6.13. The molecule has 2 fully saturated rings. The average Bonchev–Trinajstić information content (AvgIpc) is 3.02. The van der Waals surface area contributed by atoms with Gasteiger partial charge in [-0.05, 0) is 30.5 Å². The van der Waals surface area contributed by atoms with Gasteiger partial charge in [0, 0.05) is 19.6 Å². The van der Waals surface area contributed by atoms with Crippen molar-refractivity contribution in [2.45, 2.75) is 24.8 Å². The highest BCUT2D eigenvalue weighted by molar-refractivity contribution is 5.87. The highest BCUT2D eigenvalue weighted by Crippen LogP contribution is 2.30. The SMILES string of the molecule is O=C(O)c1ccc(CCC(=O)N2CCOCC23CCOC3)cc1. The molecule has 1 aromatic carbocycles. The summed E-state index contributed by atoms with van der Waals surface area (Å²) < 4.78 is 11.0. The molecular formula is C17H21NO5. The number of aromatic carboxylic acids is 1. The molecule has 3 rings (SSSR count). The minimum Gasteiger partial charge on any atom is -0.478 e. The molecule has 2 aliphatic heterocycles. The van der Waals surface area contributed by atoms with Crippen LogP contribution < -0.4 is 0 Å². The summed E-state index contributed by atoms with van der Waals surface area (Å²) >= 11 is 0. The summed E-state index contributed by atoms with van der Waals surface area (Å²) in [6.45, 7) is 2.95. The third-order valence-electron chi connectivity index (χ3n) is 4.61. The number of carbonyl (C=O) groups is 2. The molecule has 1 aromatic rings. The van der Waals surface area contributed by atoms with Gasteiger partial charge in [-0.2, -0.15) is 0 Å². The van der Waals surface area contributed by atoms with Crippen LogP contribution in [0.3, 0.4) is 0 Å². The third kappa shape index (κ3) is 3.38. The van der Waals surface area contributed by atoms with Crippen LogP contribution in [0.15, 0.2) is 24.3 Å². The highest BCUT2D eigenvalue weighted by Gasteiger charge is 2.45. The molecule has 1 unspecified atom stereocenters. The number of carboxylic acids is 1. The molecule has 0 aromatic heterocycles. The molecule has 1 atom stereocenters. The number of nitrogens with zero attached hydrogens (tertiary/aromatic N) is 1. The van der Waals surface area contributed by atoms with Crippen LogP contribution in [-0.2, 0) is 20.7 Å². The maximum Gasteiger partial charge on any atom is 0.335 e. The molecule has 23 heavy (non-hydrogen) atoms. The first-order valence-corrected chi connectivity index (χ1v) is 7.89. The Labute approximate surface area is 135 Å². The Hall–Kier alpha value is -1.92. The lowest BCUT2D eigenvalue weighted by Crippen LogP contribution is -2.59. The van der Waals surface area contributed by atoms with Crippen molar-refractivity contribution in [1.82, 2.24) is 4.90 Å². The number of carboxylic acid groups (broad SMARTS) is 1. The van der Waals surface area contributed by atoms with Gasteiger partial charge in [-0.15, -0.1) is 0 Å². The van der Waals surface area contributed by atoms with Crippen molar-refractivity contribution in [1.29, 1.82) is 0 Å². The van der Waals surface area contributed by atoms with Crippen molar-refractivity contribution in [3.05, 3.63) is 35.4 Å². The molecule has 6 heteroatoms. The summed E-state index contributed by atoms with van der Waals surface area (Å²) in [5.41, 5.74) is 0.936. The van der Waals surface area contributed by atoms with Gasteiger partial charge in [-0.1, -0.05) is 12.1 Å². The van der Waals surface area contributed by atoms with Gasteiger partial charge < -0.3 is 19.5 Å². The molecule has 1 amide bonds. The van der Waals surface area contributed by atoms with Crippen molar-refractivity contribution >= 4 is 11.9 Å². The molecule has 1 N–H and O–H groups in total. The monoisotopic (exact) mass is 319 g/mol. The van der Waals surface area contributed by atoms with E-state index in [0.29, 0.717) is 45.8 Å². The van der Waals surface area contributed by atoms with Gasteiger partial charge in [0.1, 0.15) is 0 Å². The topological polar surface area (TPSA) is 76.1 Å². The van der Waals surface area contributed by atoms with Gasteiger partial charge in [0.25, 0.3) is 0 Å². The standard InChI is InChI=1S/C17H21NO5/c19-15(6-3-13-1-4-14(5-2-13)16(20)21)18-8-10-23-12-17(18)7-9-22-11-17/h1-2,4-5H,3,6-12H2,(H,20,21). The first-order valence-electron chi connectivity index (χ1n) is 7.89. The number of benzene rings is 1. The lowest BCUT2D eigenvalue weighted by Gasteiger charge is -2.43. The van der Waals surface area contributed by atoms with Crippen LogP contribution in [0.2, 0.25) is 0 Å². The summed E-state index contributed by atoms with van der Waals surface area (Å²) in [5.74, 6) is -0.828. The zero-order valence-electron chi connectivity index (χ0n) is 13.0. The summed E-state index contributed by atoms with van der Waals surface area (Å²) in [6, 6.07) is 6.68. The van der Waals surface area contributed by atoms with Gasteiger partial charge in [0.15, 0.2) is 0 Å². The molecule has 2 saturated heterocycles. The normalized spacial score (nSPS) is 24.1. The quantitative estimate of drug-likeness (QED) is 0.906. The molecule has 6 nitrogen and oxygen atoms in total. The molecule has 0 saturated carbocycles. The summed E-state index contributed by atoms with van der Waals surface area (Å²) in [7, 11) is 0. The fraction of sp³-hybridized carbons (Fsp3) is 0.529. The largest absolute Gasteiger partial charge is 0.478 e. The Bertz CT molecular complexity index is 577. The number of aryl methyl sites for hydroxylation is 1. The van der Waals surface area contributed by atoms with E-state index in [-0.39, 0.29) is 17.0 Å². The van der Waals surface area contributed by atoms with Gasteiger partial charge in [-0.3, -0.25) is 4.79 Å². The van der Waals surface area contributed by atoms with Crippen LogP contribution >= 0.6 is 0 Å². The Morgan fingerprint density at radius 2 is 1.83 bits per heavy atom. The summed E-state index contributed by atoms with van der Waals surface area (Å²) in [5, 5.41) is 8.90. The van der Waals surface area contributed by atoms with E-state index in [2.05, 4.69) is 0 Å². The van der Waals surface area contributed by atoms with E-state index in [1.165, 1.54) is 0 Å². The number of rotatable bonds is 4. The van der Waals surface area contributed by atoms with Crippen LogP contribution in [0.1, 0.15) is 28.8 Å². The van der Waals surface area contributed by atoms with Crippen molar-refractivity contribution in [3.63, 3.8) is 0 Å². The van der Waals surface area contributed by atoms with Crippen LogP contribution in [0.4, 0.5) is 0 Å². The highest BCUT2D eigenvalue weighted by atomic mass is 16.5. The minimum absolute atomic E-state index is 0.112. The molecule has 2 aliphatic rings. The Morgan fingerprint density at radius 1 is 1.13 bits per heavy atom.